The molecule has 4 unspecified atom stereocenters. The van der Waals surface area contributed by atoms with E-state index < -0.39 is 6.04 Å². The fraction of sp³-hybridized carbons (Fsp3) is 0.583. The minimum atomic E-state index is -0.740. The van der Waals surface area contributed by atoms with Crippen LogP contribution in [0.4, 0.5) is 4.39 Å². The van der Waals surface area contributed by atoms with E-state index in [2.05, 4.69) is 27.7 Å². The molecular formula is C24H29FN4O2. The highest BCUT2D eigenvalue weighted by molar-refractivity contribution is 5.83. The number of carbonyl (C=O) groups is 1. The van der Waals surface area contributed by atoms with Gasteiger partial charge in [0.05, 0.1) is 25.3 Å². The summed E-state index contributed by atoms with van der Waals surface area (Å²) >= 11 is 0. The fourth-order valence-corrected chi connectivity index (χ4v) is 5.59. The number of carbonyl (C=O) groups excluding carboxylic acids is 1. The zero-order valence-corrected chi connectivity index (χ0v) is 17.6. The molecule has 3 aliphatic heterocycles. The number of benzene rings is 1. The Balaban J connectivity index is 1.23. The summed E-state index contributed by atoms with van der Waals surface area (Å²) in [7, 11) is 0. The van der Waals surface area contributed by atoms with Gasteiger partial charge < -0.3 is 15.4 Å². The van der Waals surface area contributed by atoms with E-state index in [4.69, 9.17) is 4.74 Å². The molecule has 2 N–H and O–H groups in total. The average Bonchev–Trinajstić information content (AvgIpc) is 3.43. The van der Waals surface area contributed by atoms with Gasteiger partial charge in [0.25, 0.3) is 0 Å². The van der Waals surface area contributed by atoms with Gasteiger partial charge in [-0.1, -0.05) is 18.2 Å². The van der Waals surface area contributed by atoms with Gasteiger partial charge in [-0.05, 0) is 54.4 Å². The number of amides is 1. The molecule has 0 radical (unpaired) electrons. The zero-order valence-electron chi connectivity index (χ0n) is 17.6. The Morgan fingerprint density at radius 3 is 3.06 bits per heavy atom. The molecule has 1 amide bonds. The largest absolute Gasteiger partial charge is 0.378 e. The smallest absolute Gasteiger partial charge is 0.238 e. The molecule has 2 saturated heterocycles. The molecule has 2 bridgehead atoms. The van der Waals surface area contributed by atoms with Crippen molar-refractivity contribution in [1.82, 2.24) is 15.5 Å². The van der Waals surface area contributed by atoms with Gasteiger partial charge in [0, 0.05) is 31.6 Å². The van der Waals surface area contributed by atoms with Crippen molar-refractivity contribution in [3.8, 4) is 6.07 Å². The van der Waals surface area contributed by atoms with E-state index >= 15 is 0 Å². The van der Waals surface area contributed by atoms with Gasteiger partial charge in [-0.15, -0.1) is 0 Å². The molecule has 1 saturated carbocycles. The highest BCUT2D eigenvalue weighted by Gasteiger charge is 2.43. The van der Waals surface area contributed by atoms with Gasteiger partial charge in [-0.25, -0.2) is 4.39 Å². The Bertz CT molecular complexity index is 927. The zero-order chi connectivity index (χ0) is 21.4. The highest BCUT2D eigenvalue weighted by Crippen LogP contribution is 2.35. The van der Waals surface area contributed by atoms with E-state index in [9.17, 15) is 14.4 Å². The summed E-state index contributed by atoms with van der Waals surface area (Å²) in [5.41, 5.74) is 2.48. The first kappa shape index (κ1) is 20.6. The molecule has 1 aliphatic carbocycles. The van der Waals surface area contributed by atoms with E-state index in [-0.39, 0.29) is 24.2 Å². The second-order valence-electron chi connectivity index (χ2n) is 9.27. The minimum absolute atomic E-state index is 0.137. The number of nitrogens with zero attached hydrogens (tertiary/aromatic N) is 2. The highest BCUT2D eigenvalue weighted by atomic mass is 19.1. The molecule has 164 valence electrons. The number of nitrogens with one attached hydrogen (secondary N) is 2. The van der Waals surface area contributed by atoms with Gasteiger partial charge in [-0.3, -0.25) is 9.69 Å². The third-order valence-electron chi connectivity index (χ3n) is 7.34. The molecule has 5 atom stereocenters. The van der Waals surface area contributed by atoms with Crippen molar-refractivity contribution in [2.75, 3.05) is 26.3 Å². The third-order valence-corrected chi connectivity index (χ3v) is 7.34. The first-order valence-electron chi connectivity index (χ1n) is 11.4. The van der Waals surface area contributed by atoms with Crippen LogP contribution in [0, 0.1) is 23.1 Å². The van der Waals surface area contributed by atoms with Crippen molar-refractivity contribution in [3.05, 3.63) is 41.2 Å². The minimum Gasteiger partial charge on any atom is -0.378 e. The summed E-state index contributed by atoms with van der Waals surface area (Å²) in [5, 5.41) is 15.7. The maximum absolute atomic E-state index is 14.9. The van der Waals surface area contributed by atoms with E-state index in [0.717, 1.165) is 63.1 Å². The molecule has 7 heteroatoms. The Morgan fingerprint density at radius 2 is 2.32 bits per heavy atom. The second-order valence-corrected chi connectivity index (χ2v) is 9.27. The number of hydrogen-bond acceptors (Lipinski definition) is 5. The maximum atomic E-state index is 14.9. The number of fused-ring (bicyclic) bond motifs is 3. The van der Waals surface area contributed by atoms with Crippen LogP contribution in [-0.4, -0.2) is 61.3 Å². The van der Waals surface area contributed by atoms with Crippen LogP contribution in [0.15, 0.2) is 24.3 Å². The lowest BCUT2D eigenvalue weighted by atomic mass is 9.92. The van der Waals surface area contributed by atoms with Crippen molar-refractivity contribution < 1.29 is 13.9 Å². The third kappa shape index (κ3) is 4.25. The molecule has 3 heterocycles. The molecule has 1 aromatic rings. The van der Waals surface area contributed by atoms with Crippen LogP contribution < -0.4 is 10.6 Å². The Labute approximate surface area is 182 Å². The van der Waals surface area contributed by atoms with Crippen LogP contribution >= 0.6 is 0 Å². The van der Waals surface area contributed by atoms with Crippen LogP contribution in [0.5, 0.6) is 0 Å². The lowest BCUT2D eigenvalue weighted by Crippen LogP contribution is -2.50. The predicted octanol–water partition coefficient (Wildman–Crippen LogP) is 2.00. The summed E-state index contributed by atoms with van der Waals surface area (Å²) in [4.78, 5) is 15.0. The quantitative estimate of drug-likeness (QED) is 0.756. The van der Waals surface area contributed by atoms with Crippen LogP contribution in [0.1, 0.15) is 36.8 Å². The van der Waals surface area contributed by atoms with E-state index in [1.807, 2.05) is 6.07 Å². The number of halogens is 1. The van der Waals surface area contributed by atoms with Crippen molar-refractivity contribution in [1.29, 1.82) is 5.26 Å². The van der Waals surface area contributed by atoms with Gasteiger partial charge in [0.15, 0.2) is 0 Å². The number of hydrogen-bond donors (Lipinski definition) is 2. The molecule has 31 heavy (non-hydrogen) atoms. The molecule has 6 nitrogen and oxygen atoms in total. The normalized spacial score (nSPS) is 30.9. The van der Waals surface area contributed by atoms with Gasteiger partial charge >= 0.3 is 0 Å². The monoisotopic (exact) mass is 424 g/mol. The fourth-order valence-electron chi connectivity index (χ4n) is 5.59. The SMILES string of the molecule is N#C[C@H](Cc1ccc(C2=CCN3CCOCC3C2)cc1F)NC(=O)C1NC2CCC1C2. The number of rotatable bonds is 5. The summed E-state index contributed by atoms with van der Waals surface area (Å²) < 4.78 is 20.5. The van der Waals surface area contributed by atoms with Crippen LogP contribution in [0.25, 0.3) is 5.57 Å². The van der Waals surface area contributed by atoms with E-state index in [1.54, 1.807) is 12.1 Å². The first-order chi connectivity index (χ1) is 15.1. The molecule has 5 rings (SSSR count). The Hall–Kier alpha value is -2.27. The number of nitriles is 1. The van der Waals surface area contributed by atoms with Crippen LogP contribution in [-0.2, 0) is 16.0 Å². The molecule has 1 aromatic carbocycles. The lowest BCUT2D eigenvalue weighted by molar-refractivity contribution is -0.124. The molecule has 4 aliphatic rings. The molecule has 3 fully saturated rings. The number of ether oxygens (including phenoxy) is 1. The standard InChI is InChI=1S/C24H29FN4O2/c25-22-12-15(16-5-6-29-7-8-31-14-21(29)11-16)1-2-17(22)9-20(13-26)28-24(30)23-18-3-4-19(10-18)27-23/h1-2,5,12,18-21,23,27H,3-4,6-11,14H2,(H,28,30)/t18?,19?,20-,21?,23?/m0/s1. The molecule has 0 aromatic heterocycles. The van der Waals surface area contributed by atoms with E-state index in [1.165, 1.54) is 0 Å². The molecule has 0 spiro atoms. The summed E-state index contributed by atoms with van der Waals surface area (Å²) in [6.07, 6.45) is 6.41. The van der Waals surface area contributed by atoms with Crippen LogP contribution in [0.3, 0.4) is 0 Å². The number of morpholine rings is 1. The Morgan fingerprint density at radius 1 is 1.42 bits per heavy atom. The summed E-state index contributed by atoms with van der Waals surface area (Å²) in [6.45, 7) is 3.31. The van der Waals surface area contributed by atoms with Gasteiger partial charge in [-0.2, -0.15) is 5.26 Å². The Kier molecular flexibility index (Phi) is 5.79. The summed E-state index contributed by atoms with van der Waals surface area (Å²) in [6, 6.07) is 7.19. The number of piperidine rings is 1. The van der Waals surface area contributed by atoms with Crippen molar-refractivity contribution in [2.24, 2.45) is 5.92 Å². The van der Waals surface area contributed by atoms with E-state index in [0.29, 0.717) is 23.6 Å². The van der Waals surface area contributed by atoms with Gasteiger partial charge in [0.1, 0.15) is 11.9 Å². The van der Waals surface area contributed by atoms with Crippen molar-refractivity contribution >= 4 is 11.5 Å². The van der Waals surface area contributed by atoms with Crippen LogP contribution in [0.2, 0.25) is 0 Å². The van der Waals surface area contributed by atoms with Gasteiger partial charge in [0.2, 0.25) is 5.91 Å². The lowest BCUT2D eigenvalue weighted by Gasteiger charge is -2.38. The van der Waals surface area contributed by atoms with Crippen molar-refractivity contribution in [2.45, 2.75) is 56.3 Å². The average molecular weight is 425 g/mol. The summed E-state index contributed by atoms with van der Waals surface area (Å²) in [5.74, 6) is -0.106. The van der Waals surface area contributed by atoms with Crippen molar-refractivity contribution in [3.63, 3.8) is 0 Å². The molecular weight excluding hydrogens is 395 g/mol. The first-order valence-corrected chi connectivity index (χ1v) is 11.4. The predicted molar refractivity (Wildman–Crippen MR) is 114 cm³/mol. The maximum Gasteiger partial charge on any atom is 0.238 e. The topological polar surface area (TPSA) is 77.4 Å². The second kappa shape index (κ2) is 8.70.